The number of carbonyl (C=O) groups is 1. The van der Waals surface area contributed by atoms with Crippen molar-refractivity contribution in [1.29, 1.82) is 0 Å². The summed E-state index contributed by atoms with van der Waals surface area (Å²) < 4.78 is 14.4. The number of benzene rings is 4. The predicted octanol–water partition coefficient (Wildman–Crippen LogP) is 9.63. The van der Waals surface area contributed by atoms with Crippen molar-refractivity contribution >= 4 is 34.2 Å². The number of aliphatic hydroxyl groups excluding tert-OH is 2. The number of allylic oxidation sites excluding steroid dienone is 1. The van der Waals surface area contributed by atoms with Crippen molar-refractivity contribution in [2.45, 2.75) is 95.6 Å². The average Bonchev–Trinajstić information content (AvgIpc) is 3.27. The van der Waals surface area contributed by atoms with E-state index < -0.39 is 28.3 Å². The van der Waals surface area contributed by atoms with Crippen LogP contribution in [0.2, 0.25) is 0 Å². The van der Waals surface area contributed by atoms with Crippen molar-refractivity contribution in [2.24, 2.45) is 22.9 Å². The standard InChI is InChI=1S/C51H59N3O9/c1-5-29-61-51-46(53(33-37-16-12-15-35-13-6-7-17-40(35)37)47(58)26-21-34-19-22-38(23-20-34)54(59)60)32-44(52-63-50(2,3)4)42-30-36(14-8-10-27-55)41(18-9-11-28-56)48(49(42)51)43-31-39(57)24-25-45(43)62-51/h5-7,12-13,15-17,19-26,30-31,36,41,46,48-49,55-57H,1,8-11,14,18,27-29,32-33H2,2-4H3/t36-,41+,46-,48+,49+,51+/m0/s1. The lowest BCUT2D eigenvalue weighted by Crippen LogP contribution is -2.70. The molecule has 0 unspecified atom stereocenters. The van der Waals surface area contributed by atoms with Crippen molar-refractivity contribution in [1.82, 2.24) is 4.90 Å². The summed E-state index contributed by atoms with van der Waals surface area (Å²) in [7, 11) is 0. The second-order valence-corrected chi connectivity index (χ2v) is 17.8. The molecule has 63 heavy (non-hydrogen) atoms. The molecule has 12 heteroatoms. The van der Waals surface area contributed by atoms with E-state index in [1.807, 2.05) is 63.2 Å². The van der Waals surface area contributed by atoms with Gasteiger partial charge in [-0.2, -0.15) is 0 Å². The van der Waals surface area contributed by atoms with Crippen molar-refractivity contribution in [3.63, 3.8) is 0 Å². The fourth-order valence-corrected chi connectivity index (χ4v) is 9.78. The van der Waals surface area contributed by atoms with Gasteiger partial charge in [0, 0.05) is 55.9 Å². The summed E-state index contributed by atoms with van der Waals surface area (Å²) in [6.45, 7) is 10.2. The zero-order chi connectivity index (χ0) is 44.7. The molecule has 1 saturated carbocycles. The molecule has 0 spiro atoms. The second-order valence-electron chi connectivity index (χ2n) is 17.8. The number of aliphatic hydroxyl groups is 2. The number of fused-ring (bicyclic) bond motifs is 3. The minimum Gasteiger partial charge on any atom is -0.508 e. The Morgan fingerprint density at radius 3 is 2.44 bits per heavy atom. The normalized spacial score (nSPS) is 23.4. The first-order valence-corrected chi connectivity index (χ1v) is 22.0. The van der Waals surface area contributed by atoms with E-state index in [-0.39, 0.29) is 67.9 Å². The van der Waals surface area contributed by atoms with E-state index in [0.717, 1.165) is 53.2 Å². The molecule has 1 aliphatic heterocycles. The number of nitrogens with zero attached hydrogens (tertiary/aromatic N) is 3. The molecule has 4 aromatic carbocycles. The number of phenolic OH excluding ortho intramolecular Hbond substituents is 1. The molecule has 1 amide bonds. The van der Waals surface area contributed by atoms with Gasteiger partial charge in [-0.15, -0.1) is 6.58 Å². The van der Waals surface area contributed by atoms with Crippen LogP contribution in [0, 0.1) is 27.9 Å². The van der Waals surface area contributed by atoms with Crippen LogP contribution >= 0.6 is 0 Å². The highest BCUT2D eigenvalue weighted by Gasteiger charge is 2.65. The summed E-state index contributed by atoms with van der Waals surface area (Å²) in [5.41, 5.74) is 3.19. The van der Waals surface area contributed by atoms with Gasteiger partial charge in [-0.3, -0.25) is 14.9 Å². The van der Waals surface area contributed by atoms with E-state index in [1.54, 1.807) is 47.4 Å². The topological polar surface area (TPSA) is 164 Å². The van der Waals surface area contributed by atoms with Crippen LogP contribution in [-0.4, -0.2) is 74.0 Å². The first kappa shape index (κ1) is 45.2. The maximum atomic E-state index is 15.3. The van der Waals surface area contributed by atoms with Crippen LogP contribution < -0.4 is 4.74 Å². The molecule has 1 fully saturated rings. The molecule has 0 bridgehead atoms. The molecule has 3 N–H and O–H groups in total. The molecule has 3 aliphatic rings. The average molecular weight is 858 g/mol. The van der Waals surface area contributed by atoms with Crippen molar-refractivity contribution in [3.05, 3.63) is 142 Å². The first-order valence-electron chi connectivity index (χ1n) is 22.0. The summed E-state index contributed by atoms with van der Waals surface area (Å²) in [6, 6.07) is 24.4. The number of carbonyl (C=O) groups excluding carboxylic acids is 1. The van der Waals surface area contributed by atoms with Crippen molar-refractivity contribution < 1.29 is 39.3 Å². The van der Waals surface area contributed by atoms with Gasteiger partial charge in [-0.05, 0) is 122 Å². The van der Waals surface area contributed by atoms with E-state index in [9.17, 15) is 25.4 Å². The van der Waals surface area contributed by atoms with E-state index in [1.165, 1.54) is 18.2 Å². The lowest BCUT2D eigenvalue weighted by Gasteiger charge is -2.60. The quantitative estimate of drug-likeness (QED) is 0.0291. The molecule has 1 heterocycles. The van der Waals surface area contributed by atoms with Crippen LogP contribution in [-0.2, 0) is 20.9 Å². The molecule has 6 atom stereocenters. The summed E-state index contributed by atoms with van der Waals surface area (Å²) in [6.07, 6.45) is 11.7. The van der Waals surface area contributed by atoms with Crippen LogP contribution in [0.15, 0.2) is 120 Å². The van der Waals surface area contributed by atoms with E-state index >= 15 is 4.79 Å². The summed E-state index contributed by atoms with van der Waals surface area (Å²) in [4.78, 5) is 34.3. The van der Waals surface area contributed by atoms with Gasteiger partial charge in [0.05, 0.1) is 23.2 Å². The van der Waals surface area contributed by atoms with Crippen LogP contribution in [0.1, 0.15) is 88.3 Å². The minimum absolute atomic E-state index is 0.00654. The van der Waals surface area contributed by atoms with Crippen LogP contribution in [0.3, 0.4) is 0 Å². The van der Waals surface area contributed by atoms with Gasteiger partial charge in [-0.25, -0.2) is 0 Å². The number of rotatable bonds is 18. The number of nitro groups is 1. The van der Waals surface area contributed by atoms with Crippen molar-refractivity contribution in [2.75, 3.05) is 19.8 Å². The van der Waals surface area contributed by atoms with Gasteiger partial charge in [0.1, 0.15) is 23.1 Å². The Hall–Kier alpha value is -5.82. The van der Waals surface area contributed by atoms with E-state index in [2.05, 4.69) is 12.7 Å². The molecule has 4 aromatic rings. The highest BCUT2D eigenvalue weighted by molar-refractivity contribution is 6.03. The minimum atomic E-state index is -1.51. The van der Waals surface area contributed by atoms with Gasteiger partial charge in [0.15, 0.2) is 0 Å². The van der Waals surface area contributed by atoms with Crippen LogP contribution in [0.5, 0.6) is 11.5 Å². The molecule has 12 nitrogen and oxygen atoms in total. The lowest BCUT2D eigenvalue weighted by molar-refractivity contribution is -0.384. The molecule has 2 aliphatic carbocycles. The Bertz CT molecular complexity index is 2360. The van der Waals surface area contributed by atoms with E-state index in [4.69, 9.17) is 19.5 Å². The zero-order valence-corrected chi connectivity index (χ0v) is 36.4. The highest BCUT2D eigenvalue weighted by Crippen LogP contribution is 2.62. The number of hydrogen-bond donors (Lipinski definition) is 3. The monoisotopic (exact) mass is 857 g/mol. The molecule has 0 radical (unpaired) electrons. The Kier molecular flexibility index (Phi) is 14.1. The third kappa shape index (κ3) is 9.88. The Balaban J connectivity index is 1.47. The fraction of sp³-hybridized carbons (Fsp3) is 0.412. The Morgan fingerprint density at radius 1 is 1.00 bits per heavy atom. The Morgan fingerprint density at radius 2 is 1.73 bits per heavy atom. The number of non-ortho nitro benzene ring substituents is 1. The largest absolute Gasteiger partial charge is 0.508 e. The molecule has 332 valence electrons. The number of phenols is 1. The molecular weight excluding hydrogens is 799 g/mol. The SMILES string of the molecule is C=CCO[C@@]12Oc3ccc(O)cc3[C@H]3[C@H](CCCCO)[C@@H](CCCCO)C=C(C(=NOC(C)(C)C)C[C@@H]1N(Cc1cccc4ccccc14)C(=O)C=Cc1ccc([N+](=O)[O-])cc1)[C@H]32. The highest BCUT2D eigenvalue weighted by atomic mass is 16.7. The third-order valence-corrected chi connectivity index (χ3v) is 12.5. The number of unbranched alkanes of at least 4 members (excludes halogenated alkanes) is 2. The molecule has 7 rings (SSSR count). The predicted molar refractivity (Wildman–Crippen MR) is 244 cm³/mol. The number of hydrogen-bond acceptors (Lipinski definition) is 10. The fourth-order valence-electron chi connectivity index (χ4n) is 9.78. The molecule has 0 saturated heterocycles. The van der Waals surface area contributed by atoms with Crippen LogP contribution in [0.4, 0.5) is 5.69 Å². The maximum Gasteiger partial charge on any atom is 0.269 e. The maximum absolute atomic E-state index is 15.3. The zero-order valence-electron chi connectivity index (χ0n) is 36.4. The molecular formula is C51H59N3O9. The first-order chi connectivity index (χ1) is 30.4. The number of ether oxygens (including phenoxy) is 2. The Labute approximate surface area is 369 Å². The van der Waals surface area contributed by atoms with Gasteiger partial charge in [-0.1, -0.05) is 72.6 Å². The summed E-state index contributed by atoms with van der Waals surface area (Å²) in [5.74, 6) is -2.04. The van der Waals surface area contributed by atoms with Crippen LogP contribution in [0.25, 0.3) is 16.8 Å². The lowest BCUT2D eigenvalue weighted by atomic mass is 9.55. The van der Waals surface area contributed by atoms with Gasteiger partial charge < -0.3 is 34.5 Å². The van der Waals surface area contributed by atoms with Gasteiger partial charge in [0.2, 0.25) is 11.7 Å². The number of amides is 1. The second kappa shape index (κ2) is 19.7. The smallest absolute Gasteiger partial charge is 0.269 e. The summed E-state index contributed by atoms with van der Waals surface area (Å²) >= 11 is 0. The summed E-state index contributed by atoms with van der Waals surface area (Å²) in [5, 5.41) is 49.3. The van der Waals surface area contributed by atoms with Gasteiger partial charge in [0.25, 0.3) is 5.69 Å². The van der Waals surface area contributed by atoms with Crippen molar-refractivity contribution in [3.8, 4) is 11.5 Å². The van der Waals surface area contributed by atoms with Gasteiger partial charge >= 0.3 is 0 Å². The number of nitro benzene ring substituents is 1. The molecule has 0 aromatic heterocycles. The van der Waals surface area contributed by atoms with E-state index in [0.29, 0.717) is 29.9 Å². The number of aromatic hydroxyl groups is 1. The third-order valence-electron chi connectivity index (χ3n) is 12.5. The number of oxime groups is 1.